The standard InChI is InChI=1S/C9H11.C5H5.2CO.Fe/c1-2-6-9-7-4-3-5-8-9;1-2-4-5-3-1;2*1-2;/h3-4,9H,1,5,7-8H2;1-3H,4H2;;;. The zero-order chi connectivity index (χ0) is 14.3. The van der Waals surface area contributed by atoms with Crippen LogP contribution in [0, 0.1) is 17.8 Å². The van der Waals surface area contributed by atoms with Crippen LogP contribution < -0.4 is 0 Å². The van der Waals surface area contributed by atoms with Crippen LogP contribution in [0.2, 0.25) is 5.32 Å². The first kappa shape index (κ1) is 17.6. The van der Waals surface area contributed by atoms with Crippen LogP contribution in [0.15, 0.2) is 34.9 Å². The molecule has 0 heterocycles. The fraction of sp³-hybridized carbons (Fsp3) is 0.375. The third-order valence-corrected chi connectivity index (χ3v) is 3.88. The molecule has 3 heteroatoms. The molecule has 4 radical (unpaired) electrons. The van der Waals surface area contributed by atoms with Gasteiger partial charge in [-0.05, 0) is 0 Å². The maximum absolute atomic E-state index is 7.50. The van der Waals surface area contributed by atoms with Crippen molar-refractivity contribution in [3.8, 4) is 11.8 Å². The molecule has 1 atom stereocenters. The van der Waals surface area contributed by atoms with Crippen molar-refractivity contribution in [3.05, 3.63) is 34.9 Å². The zero-order valence-corrected chi connectivity index (χ0v) is 11.8. The summed E-state index contributed by atoms with van der Waals surface area (Å²) in [5.74, 6) is 7.36. The summed E-state index contributed by atoms with van der Waals surface area (Å²) < 4.78 is 1.54. The van der Waals surface area contributed by atoms with Gasteiger partial charge in [0.05, 0.1) is 0 Å². The van der Waals surface area contributed by atoms with E-state index in [0.29, 0.717) is 5.92 Å². The SMILES string of the molecule is C(#CC1CC=CCC1)[CH2][Fe][C]1=CC=CC1.[C]=O.[C]=O. The van der Waals surface area contributed by atoms with E-state index in [1.165, 1.54) is 17.3 Å². The van der Waals surface area contributed by atoms with Gasteiger partial charge in [0, 0.05) is 0 Å². The summed E-state index contributed by atoms with van der Waals surface area (Å²) in [6.45, 7) is 9.00. The van der Waals surface area contributed by atoms with E-state index in [1.807, 2.05) is 0 Å². The summed E-state index contributed by atoms with van der Waals surface area (Å²) in [6.07, 6.45) is 15.9. The molecule has 2 nitrogen and oxygen atoms in total. The predicted octanol–water partition coefficient (Wildman–Crippen LogP) is 2.90. The summed E-state index contributed by atoms with van der Waals surface area (Å²) in [6, 6.07) is 0. The Morgan fingerprint density at radius 1 is 1.21 bits per heavy atom. The van der Waals surface area contributed by atoms with Crippen LogP contribution in [0.3, 0.4) is 0 Å². The molecule has 2 aliphatic rings. The Morgan fingerprint density at radius 2 is 2.00 bits per heavy atom. The third-order valence-electron chi connectivity index (χ3n) is 2.58. The quantitative estimate of drug-likeness (QED) is 0.446. The second-order valence-corrected chi connectivity index (χ2v) is 5.27. The Labute approximate surface area is 122 Å². The number of carbonyl (C=O) groups excluding carboxylic acids is 2. The molecular weight excluding hydrogens is 280 g/mol. The summed E-state index contributed by atoms with van der Waals surface area (Å²) in [7, 11) is 0. The van der Waals surface area contributed by atoms with E-state index in [9.17, 15) is 0 Å². The van der Waals surface area contributed by atoms with Gasteiger partial charge >= 0.3 is 98.6 Å². The Kier molecular flexibility index (Phi) is 12.1. The van der Waals surface area contributed by atoms with Crippen molar-refractivity contribution in [1.82, 2.24) is 0 Å². The average molecular weight is 296 g/mol. The first-order valence-electron chi connectivity index (χ1n) is 5.91. The van der Waals surface area contributed by atoms with Gasteiger partial charge in [0.2, 0.25) is 0 Å². The average Bonchev–Trinajstić information content (AvgIpc) is 3.02. The zero-order valence-electron chi connectivity index (χ0n) is 10.7. The molecule has 2 aliphatic carbocycles. The molecule has 0 aromatic carbocycles. The van der Waals surface area contributed by atoms with Crippen LogP contribution in [0.25, 0.3) is 0 Å². The second-order valence-electron chi connectivity index (χ2n) is 3.78. The van der Waals surface area contributed by atoms with Crippen LogP contribution in [-0.4, -0.2) is 13.6 Å². The van der Waals surface area contributed by atoms with Crippen LogP contribution in [-0.2, 0) is 24.5 Å². The molecule has 19 heavy (non-hydrogen) atoms. The molecule has 0 N–H and O–H groups in total. The van der Waals surface area contributed by atoms with Gasteiger partial charge in [-0.2, -0.15) is 0 Å². The van der Waals surface area contributed by atoms with E-state index >= 15 is 0 Å². The summed E-state index contributed by atoms with van der Waals surface area (Å²) in [5, 5.41) is 1.04. The van der Waals surface area contributed by atoms with Gasteiger partial charge in [-0.3, -0.25) is 9.59 Å². The molecule has 0 aromatic heterocycles. The van der Waals surface area contributed by atoms with Crippen LogP contribution in [0.4, 0.5) is 0 Å². The van der Waals surface area contributed by atoms with Crippen molar-refractivity contribution in [3.63, 3.8) is 0 Å². The Bertz CT molecular complexity index is 383. The number of rotatable bonds is 2. The van der Waals surface area contributed by atoms with E-state index in [1.54, 1.807) is 0 Å². The number of hydrogen-bond acceptors (Lipinski definition) is 2. The van der Waals surface area contributed by atoms with Crippen molar-refractivity contribution >= 4 is 13.6 Å². The van der Waals surface area contributed by atoms with Crippen molar-refractivity contribution < 1.29 is 24.5 Å². The van der Waals surface area contributed by atoms with Gasteiger partial charge in [0.15, 0.2) is 0 Å². The minimum atomic E-state index is 0.630. The topological polar surface area (TPSA) is 34.1 Å². The van der Waals surface area contributed by atoms with E-state index in [0.717, 1.165) is 33.1 Å². The van der Waals surface area contributed by atoms with Crippen LogP contribution in [0.1, 0.15) is 25.7 Å². The molecule has 0 bridgehead atoms. The first-order chi connectivity index (χ1) is 9.45. The molecule has 0 spiro atoms. The Morgan fingerprint density at radius 3 is 2.58 bits per heavy atom. The van der Waals surface area contributed by atoms with Crippen molar-refractivity contribution in [1.29, 1.82) is 0 Å². The molecule has 0 saturated carbocycles. The first-order valence-corrected chi connectivity index (χ1v) is 7.24. The molecular formula is C16H16FeO2. The van der Waals surface area contributed by atoms with Crippen LogP contribution >= 0.6 is 0 Å². The van der Waals surface area contributed by atoms with Gasteiger partial charge in [-0.1, -0.05) is 0 Å². The monoisotopic (exact) mass is 296 g/mol. The smallest absolute Gasteiger partial charge is 0.281 e. The second kappa shape index (κ2) is 13.1. The molecule has 0 aromatic rings. The summed E-state index contributed by atoms with van der Waals surface area (Å²) in [4.78, 5) is 15.0. The van der Waals surface area contributed by atoms with Gasteiger partial charge in [0.25, 0.3) is 13.6 Å². The van der Waals surface area contributed by atoms with Gasteiger partial charge < -0.3 is 0 Å². The fourth-order valence-electron chi connectivity index (χ4n) is 1.73. The van der Waals surface area contributed by atoms with Gasteiger partial charge in [-0.25, -0.2) is 0 Å². The molecule has 100 valence electrons. The minimum absolute atomic E-state index is 0.630. The molecule has 0 saturated heterocycles. The normalized spacial score (nSPS) is 19.2. The molecule has 2 rings (SSSR count). The van der Waals surface area contributed by atoms with Crippen molar-refractivity contribution in [2.45, 2.75) is 31.0 Å². The minimum Gasteiger partial charge on any atom is -0.281 e. The third kappa shape index (κ3) is 8.37. The largest absolute Gasteiger partial charge is 0.281 e. The van der Waals surface area contributed by atoms with Gasteiger partial charge in [0.1, 0.15) is 0 Å². The maximum Gasteiger partial charge on any atom is 0.281 e. The molecule has 1 unspecified atom stereocenters. The van der Waals surface area contributed by atoms with Crippen molar-refractivity contribution in [2.24, 2.45) is 5.92 Å². The Hall–Kier alpha value is -1.36. The number of allylic oxidation sites excluding steroid dienone is 6. The van der Waals surface area contributed by atoms with E-state index in [4.69, 9.17) is 9.59 Å². The fourth-order valence-corrected chi connectivity index (χ4v) is 2.71. The predicted molar refractivity (Wildman–Crippen MR) is 72.3 cm³/mol. The van der Waals surface area contributed by atoms with E-state index in [2.05, 4.69) is 55.8 Å². The maximum atomic E-state index is 7.50. The molecule has 0 aliphatic heterocycles. The Balaban J connectivity index is 0.000000741. The van der Waals surface area contributed by atoms with Crippen LogP contribution in [0.5, 0.6) is 0 Å². The molecule has 0 fully saturated rings. The molecule has 0 amide bonds. The number of hydrogen-bond donors (Lipinski definition) is 0. The van der Waals surface area contributed by atoms with Gasteiger partial charge in [-0.15, -0.1) is 0 Å². The van der Waals surface area contributed by atoms with Crippen molar-refractivity contribution in [2.75, 3.05) is 0 Å². The summed E-state index contributed by atoms with van der Waals surface area (Å²) in [5.41, 5.74) is 0. The van der Waals surface area contributed by atoms with E-state index < -0.39 is 0 Å². The van der Waals surface area contributed by atoms with E-state index in [-0.39, 0.29) is 0 Å². The summed E-state index contributed by atoms with van der Waals surface area (Å²) >= 11 is 1.16.